The Labute approximate surface area is 136 Å². The Balaban J connectivity index is 1.48. The van der Waals surface area contributed by atoms with Crippen molar-refractivity contribution < 1.29 is 9.53 Å². The number of nitrogens with one attached hydrogen (secondary N) is 1. The van der Waals surface area contributed by atoms with E-state index in [4.69, 9.17) is 4.74 Å². The fourth-order valence-electron chi connectivity index (χ4n) is 2.47. The van der Waals surface area contributed by atoms with Crippen LogP contribution in [-0.4, -0.2) is 35.4 Å². The van der Waals surface area contributed by atoms with Gasteiger partial charge in [0, 0.05) is 19.8 Å². The Morgan fingerprint density at radius 2 is 2.13 bits per heavy atom. The zero-order chi connectivity index (χ0) is 16.1. The highest BCUT2D eigenvalue weighted by Crippen LogP contribution is 2.28. The van der Waals surface area contributed by atoms with Crippen LogP contribution in [0.5, 0.6) is 0 Å². The Bertz CT molecular complexity index is 648. The van der Waals surface area contributed by atoms with Crippen LogP contribution in [0.2, 0.25) is 0 Å². The number of hydrogen-bond donors (Lipinski definition) is 1. The van der Waals surface area contributed by atoms with Crippen LogP contribution in [-0.2, 0) is 4.74 Å². The van der Waals surface area contributed by atoms with Crippen molar-refractivity contribution in [1.82, 2.24) is 15.1 Å². The summed E-state index contributed by atoms with van der Waals surface area (Å²) >= 11 is 0. The van der Waals surface area contributed by atoms with E-state index in [9.17, 15) is 4.79 Å². The number of ether oxygens (including phenoxy) is 1. The summed E-state index contributed by atoms with van der Waals surface area (Å²) in [5.41, 5.74) is 2.42. The summed E-state index contributed by atoms with van der Waals surface area (Å²) in [5.74, 6) is 0.711. The van der Waals surface area contributed by atoms with Gasteiger partial charge in [-0.3, -0.25) is 4.79 Å². The predicted molar refractivity (Wildman–Crippen MR) is 88.8 cm³/mol. The normalized spacial score (nSPS) is 14.0. The number of amides is 1. The molecule has 0 atom stereocenters. The van der Waals surface area contributed by atoms with Gasteiger partial charge in [-0.2, -0.15) is 5.10 Å². The molecule has 1 fully saturated rings. The summed E-state index contributed by atoms with van der Waals surface area (Å²) in [7, 11) is 0. The number of aromatic nitrogens is 2. The molecule has 2 aromatic rings. The van der Waals surface area contributed by atoms with Crippen molar-refractivity contribution >= 4 is 5.91 Å². The largest absolute Gasteiger partial charge is 0.381 e. The molecule has 5 nitrogen and oxygen atoms in total. The quantitative estimate of drug-likeness (QED) is 0.762. The first-order valence-corrected chi connectivity index (χ1v) is 8.21. The third-order valence-electron chi connectivity index (χ3n) is 4.06. The van der Waals surface area contributed by atoms with E-state index in [-0.39, 0.29) is 5.91 Å². The molecule has 1 aromatic heterocycles. The summed E-state index contributed by atoms with van der Waals surface area (Å²) in [6, 6.07) is 9.81. The third-order valence-corrected chi connectivity index (χ3v) is 4.06. The molecule has 3 rings (SSSR count). The number of hydrogen-bond acceptors (Lipinski definition) is 3. The Hall–Kier alpha value is -2.14. The van der Waals surface area contributed by atoms with Crippen molar-refractivity contribution in [3.05, 3.63) is 47.8 Å². The van der Waals surface area contributed by atoms with E-state index in [2.05, 4.69) is 10.4 Å². The summed E-state index contributed by atoms with van der Waals surface area (Å²) in [5, 5.41) is 7.26. The van der Waals surface area contributed by atoms with Crippen molar-refractivity contribution in [3.63, 3.8) is 0 Å². The lowest BCUT2D eigenvalue weighted by atomic mass is 10.2. The molecule has 1 saturated carbocycles. The molecule has 23 heavy (non-hydrogen) atoms. The number of nitrogens with zero attached hydrogens (tertiary/aromatic N) is 2. The lowest BCUT2D eigenvalue weighted by molar-refractivity contribution is 0.0937. The molecule has 1 N–H and O–H groups in total. The molecule has 0 aliphatic heterocycles. The molecule has 0 saturated heterocycles. The molecular weight excluding hydrogens is 290 g/mol. The molecule has 0 bridgehead atoms. The molecule has 1 aromatic carbocycles. The molecule has 5 heteroatoms. The van der Waals surface area contributed by atoms with Crippen LogP contribution in [0.25, 0.3) is 5.69 Å². The second-order valence-electron chi connectivity index (χ2n) is 6.02. The van der Waals surface area contributed by atoms with Crippen LogP contribution in [0.1, 0.15) is 35.3 Å². The van der Waals surface area contributed by atoms with Crippen LogP contribution in [0.4, 0.5) is 0 Å². The minimum Gasteiger partial charge on any atom is -0.381 e. The average Bonchev–Trinajstić information content (AvgIpc) is 3.32. The predicted octanol–water partition coefficient (Wildman–Crippen LogP) is 2.73. The molecule has 122 valence electrons. The van der Waals surface area contributed by atoms with Gasteiger partial charge in [0.25, 0.3) is 5.91 Å². The van der Waals surface area contributed by atoms with Crippen LogP contribution in [0.3, 0.4) is 0 Å². The van der Waals surface area contributed by atoms with Crippen LogP contribution in [0.15, 0.2) is 36.5 Å². The van der Waals surface area contributed by atoms with Gasteiger partial charge in [-0.05, 0) is 44.2 Å². The van der Waals surface area contributed by atoms with Crippen LogP contribution in [0, 0.1) is 12.8 Å². The fourth-order valence-corrected chi connectivity index (χ4v) is 2.47. The Morgan fingerprint density at radius 1 is 1.35 bits per heavy atom. The lowest BCUT2D eigenvalue weighted by Gasteiger charge is -2.07. The molecule has 1 heterocycles. The highest BCUT2D eigenvalue weighted by atomic mass is 16.5. The van der Waals surface area contributed by atoms with Gasteiger partial charge in [0.2, 0.25) is 0 Å². The number of carbonyl (C=O) groups excluding carboxylic acids is 1. The van der Waals surface area contributed by atoms with E-state index in [1.807, 2.05) is 37.3 Å². The summed E-state index contributed by atoms with van der Waals surface area (Å²) < 4.78 is 7.35. The van der Waals surface area contributed by atoms with Gasteiger partial charge in [-0.1, -0.05) is 18.2 Å². The van der Waals surface area contributed by atoms with E-state index >= 15 is 0 Å². The lowest BCUT2D eigenvalue weighted by Crippen LogP contribution is -2.25. The third kappa shape index (κ3) is 4.20. The highest BCUT2D eigenvalue weighted by molar-refractivity contribution is 5.95. The SMILES string of the molecule is Cc1c(C(=O)NCCCOCC2CC2)cnn1-c1ccccc1. The second kappa shape index (κ2) is 7.42. The first-order valence-electron chi connectivity index (χ1n) is 8.21. The van der Waals surface area contributed by atoms with E-state index in [0.717, 1.165) is 30.3 Å². The van der Waals surface area contributed by atoms with Crippen molar-refractivity contribution in [2.24, 2.45) is 5.92 Å². The smallest absolute Gasteiger partial charge is 0.254 e. The van der Waals surface area contributed by atoms with Gasteiger partial charge in [0.15, 0.2) is 0 Å². The standard InChI is InChI=1S/C18H23N3O2/c1-14-17(12-20-21(14)16-6-3-2-4-7-16)18(22)19-10-5-11-23-13-15-8-9-15/h2-4,6-7,12,15H,5,8-11,13H2,1H3,(H,19,22). The Kier molecular flexibility index (Phi) is 5.08. The molecule has 1 aliphatic rings. The van der Waals surface area contributed by atoms with Crippen molar-refractivity contribution in [1.29, 1.82) is 0 Å². The van der Waals surface area contributed by atoms with Gasteiger partial charge in [-0.15, -0.1) is 0 Å². The summed E-state index contributed by atoms with van der Waals surface area (Å²) in [4.78, 5) is 12.3. The average molecular weight is 313 g/mol. The van der Waals surface area contributed by atoms with Crippen molar-refractivity contribution in [2.45, 2.75) is 26.2 Å². The summed E-state index contributed by atoms with van der Waals surface area (Å²) in [6.07, 6.45) is 5.08. The molecule has 0 unspecified atom stereocenters. The van der Waals surface area contributed by atoms with Crippen LogP contribution >= 0.6 is 0 Å². The Morgan fingerprint density at radius 3 is 2.87 bits per heavy atom. The van der Waals surface area contributed by atoms with E-state index in [0.29, 0.717) is 18.7 Å². The van der Waals surface area contributed by atoms with E-state index in [1.54, 1.807) is 10.9 Å². The van der Waals surface area contributed by atoms with E-state index in [1.165, 1.54) is 12.8 Å². The number of para-hydroxylation sites is 1. The molecule has 1 aliphatic carbocycles. The number of carbonyl (C=O) groups is 1. The van der Waals surface area contributed by atoms with Gasteiger partial charge in [0.05, 0.1) is 23.1 Å². The molecular formula is C18H23N3O2. The zero-order valence-electron chi connectivity index (χ0n) is 13.5. The molecule has 0 radical (unpaired) electrons. The van der Waals surface area contributed by atoms with Gasteiger partial charge in [-0.25, -0.2) is 4.68 Å². The van der Waals surface area contributed by atoms with Crippen LogP contribution < -0.4 is 5.32 Å². The van der Waals surface area contributed by atoms with Crippen molar-refractivity contribution in [2.75, 3.05) is 19.8 Å². The van der Waals surface area contributed by atoms with Crippen molar-refractivity contribution in [3.8, 4) is 5.69 Å². The van der Waals surface area contributed by atoms with Gasteiger partial charge in [0.1, 0.15) is 0 Å². The minimum atomic E-state index is -0.0770. The first-order chi connectivity index (χ1) is 11.3. The maximum atomic E-state index is 12.3. The van der Waals surface area contributed by atoms with E-state index < -0.39 is 0 Å². The first kappa shape index (κ1) is 15.7. The summed E-state index contributed by atoms with van der Waals surface area (Å²) in [6.45, 7) is 4.11. The molecule has 1 amide bonds. The monoisotopic (exact) mass is 313 g/mol. The number of rotatable bonds is 8. The fraction of sp³-hybridized carbons (Fsp3) is 0.444. The topological polar surface area (TPSA) is 56.1 Å². The number of benzene rings is 1. The van der Waals surface area contributed by atoms with Gasteiger partial charge < -0.3 is 10.1 Å². The maximum absolute atomic E-state index is 12.3. The van der Waals surface area contributed by atoms with Gasteiger partial charge >= 0.3 is 0 Å². The highest BCUT2D eigenvalue weighted by Gasteiger charge is 2.20. The zero-order valence-corrected chi connectivity index (χ0v) is 13.5. The maximum Gasteiger partial charge on any atom is 0.254 e. The minimum absolute atomic E-state index is 0.0770. The second-order valence-corrected chi connectivity index (χ2v) is 6.02. The molecule has 0 spiro atoms.